The summed E-state index contributed by atoms with van der Waals surface area (Å²) in [6, 6.07) is 23.2. The van der Waals surface area contributed by atoms with Crippen LogP contribution in [0.25, 0.3) is 0 Å². The molecule has 4 aromatic rings. The molecule has 0 atom stereocenters. The van der Waals surface area contributed by atoms with Crippen LogP contribution < -0.4 is 9.64 Å². The van der Waals surface area contributed by atoms with Gasteiger partial charge in [0.05, 0.1) is 16.8 Å². The minimum atomic E-state index is -0.406. The number of halogens is 1. The van der Waals surface area contributed by atoms with E-state index < -0.39 is 5.91 Å². The Hall–Kier alpha value is -3.96. The zero-order valence-corrected chi connectivity index (χ0v) is 17.6. The molecule has 2 heterocycles. The summed E-state index contributed by atoms with van der Waals surface area (Å²) in [7, 11) is 0. The maximum atomic E-state index is 13.2. The Morgan fingerprint density at radius 1 is 0.781 bits per heavy atom. The third-order valence-corrected chi connectivity index (χ3v) is 5.52. The number of pyridine rings is 1. The van der Waals surface area contributed by atoms with Crippen molar-refractivity contribution in [2.24, 2.45) is 0 Å². The summed E-state index contributed by atoms with van der Waals surface area (Å²) in [5.41, 5.74) is 3.31. The van der Waals surface area contributed by atoms with E-state index in [9.17, 15) is 9.59 Å². The second-order valence-electron chi connectivity index (χ2n) is 7.38. The lowest BCUT2D eigenvalue weighted by Gasteiger charge is -2.15. The quantitative estimate of drug-likeness (QED) is 0.361. The normalized spacial score (nSPS) is 12.7. The van der Waals surface area contributed by atoms with Gasteiger partial charge in [0.2, 0.25) is 0 Å². The summed E-state index contributed by atoms with van der Waals surface area (Å²) in [5, 5.41) is 0.584. The minimum Gasteiger partial charge on any atom is -0.457 e. The van der Waals surface area contributed by atoms with Crippen molar-refractivity contribution in [2.75, 3.05) is 4.90 Å². The fourth-order valence-electron chi connectivity index (χ4n) is 3.70. The average Bonchev–Trinajstić information content (AvgIpc) is 3.07. The molecule has 0 N–H and O–H groups in total. The van der Waals surface area contributed by atoms with Crippen molar-refractivity contribution in [3.05, 3.63) is 119 Å². The number of fused-ring (bicyclic) bond motifs is 1. The lowest BCUT2D eigenvalue weighted by molar-refractivity contribution is 0.0925. The summed E-state index contributed by atoms with van der Waals surface area (Å²) in [6.45, 7) is 0. The van der Waals surface area contributed by atoms with Gasteiger partial charge < -0.3 is 4.74 Å². The van der Waals surface area contributed by atoms with E-state index >= 15 is 0 Å². The van der Waals surface area contributed by atoms with Gasteiger partial charge in [-0.05, 0) is 78.2 Å². The second-order valence-corrected chi connectivity index (χ2v) is 7.82. The van der Waals surface area contributed by atoms with Gasteiger partial charge in [0.15, 0.2) is 0 Å². The summed E-state index contributed by atoms with van der Waals surface area (Å²) in [6.07, 6.45) is 4.25. The highest BCUT2D eigenvalue weighted by Crippen LogP contribution is 2.36. The number of aromatic nitrogens is 1. The number of rotatable bonds is 5. The first-order valence-electron chi connectivity index (χ1n) is 10.0. The monoisotopic (exact) mass is 440 g/mol. The molecule has 0 saturated heterocycles. The van der Waals surface area contributed by atoms with Crippen LogP contribution in [0.1, 0.15) is 31.8 Å². The number of nitrogens with zero attached hydrogens (tertiary/aromatic N) is 2. The molecule has 32 heavy (non-hydrogen) atoms. The van der Waals surface area contributed by atoms with Gasteiger partial charge in [0.1, 0.15) is 11.5 Å². The molecule has 156 valence electrons. The number of hydrogen-bond acceptors (Lipinski definition) is 4. The van der Waals surface area contributed by atoms with Crippen LogP contribution in [0.4, 0.5) is 5.69 Å². The predicted octanol–water partition coefficient (Wildman–Crippen LogP) is 5.92. The Kier molecular flexibility index (Phi) is 5.17. The van der Waals surface area contributed by atoms with Gasteiger partial charge in [0.25, 0.3) is 11.8 Å². The highest BCUT2D eigenvalue weighted by Gasteiger charge is 2.39. The molecule has 2 amide bonds. The minimum absolute atomic E-state index is 0.258. The number of carbonyl (C=O) groups excluding carboxylic acids is 2. The van der Waals surface area contributed by atoms with Crippen molar-refractivity contribution < 1.29 is 14.3 Å². The van der Waals surface area contributed by atoms with E-state index in [0.29, 0.717) is 27.8 Å². The molecule has 0 saturated carbocycles. The van der Waals surface area contributed by atoms with Crippen LogP contribution in [-0.2, 0) is 6.42 Å². The standard InChI is InChI=1S/C26H17ClN2O3/c27-19-6-10-21(11-7-19)32-23-3-1-2-22-24(23)26(31)29(25(22)30)20-8-4-17(5-9-20)16-18-12-14-28-15-13-18/h1-15H,16H2. The van der Waals surface area contributed by atoms with Crippen LogP contribution in [0.15, 0.2) is 91.3 Å². The molecular formula is C26H17ClN2O3. The summed E-state index contributed by atoms with van der Waals surface area (Å²) < 4.78 is 5.90. The van der Waals surface area contributed by atoms with Gasteiger partial charge >= 0.3 is 0 Å². The fourth-order valence-corrected chi connectivity index (χ4v) is 3.83. The Labute approximate surface area is 189 Å². The smallest absolute Gasteiger partial charge is 0.269 e. The molecule has 5 nitrogen and oxygen atoms in total. The third kappa shape index (κ3) is 3.74. The van der Waals surface area contributed by atoms with Crippen molar-refractivity contribution in [2.45, 2.75) is 6.42 Å². The lowest BCUT2D eigenvalue weighted by Crippen LogP contribution is -2.29. The molecule has 1 aliphatic rings. The predicted molar refractivity (Wildman–Crippen MR) is 123 cm³/mol. The van der Waals surface area contributed by atoms with Crippen LogP contribution in [0, 0.1) is 0 Å². The van der Waals surface area contributed by atoms with E-state index in [1.807, 2.05) is 24.3 Å². The fraction of sp³-hybridized carbons (Fsp3) is 0.0385. The largest absolute Gasteiger partial charge is 0.457 e. The second kappa shape index (κ2) is 8.29. The molecule has 0 unspecified atom stereocenters. The van der Waals surface area contributed by atoms with Gasteiger partial charge in [-0.1, -0.05) is 29.8 Å². The Morgan fingerprint density at radius 2 is 1.47 bits per heavy atom. The first-order valence-corrected chi connectivity index (χ1v) is 10.4. The Balaban J connectivity index is 1.42. The number of benzene rings is 3. The first-order chi connectivity index (χ1) is 15.6. The van der Waals surface area contributed by atoms with Crippen molar-refractivity contribution in [1.29, 1.82) is 0 Å². The summed E-state index contributed by atoms with van der Waals surface area (Å²) in [5.74, 6) is 0.0897. The maximum absolute atomic E-state index is 13.2. The number of amides is 2. The van der Waals surface area contributed by atoms with Crippen molar-refractivity contribution in [1.82, 2.24) is 4.98 Å². The van der Waals surface area contributed by atoms with Crippen LogP contribution >= 0.6 is 11.6 Å². The Morgan fingerprint density at radius 3 is 2.19 bits per heavy atom. The topological polar surface area (TPSA) is 59.5 Å². The molecule has 0 aliphatic carbocycles. The van der Waals surface area contributed by atoms with E-state index in [-0.39, 0.29) is 11.5 Å². The molecule has 3 aromatic carbocycles. The van der Waals surface area contributed by atoms with Crippen molar-refractivity contribution in [3.8, 4) is 11.5 Å². The van der Waals surface area contributed by atoms with Gasteiger partial charge in [0, 0.05) is 17.4 Å². The number of imide groups is 1. The van der Waals surface area contributed by atoms with E-state index in [2.05, 4.69) is 4.98 Å². The zero-order chi connectivity index (χ0) is 22.1. The molecule has 1 aromatic heterocycles. The van der Waals surface area contributed by atoms with E-state index in [4.69, 9.17) is 16.3 Å². The van der Waals surface area contributed by atoms with Crippen molar-refractivity contribution in [3.63, 3.8) is 0 Å². The molecule has 0 spiro atoms. The first kappa shape index (κ1) is 20.0. The van der Waals surface area contributed by atoms with Gasteiger partial charge in [-0.15, -0.1) is 0 Å². The van der Waals surface area contributed by atoms with Gasteiger partial charge in [-0.25, -0.2) is 4.90 Å². The van der Waals surface area contributed by atoms with E-state index in [1.165, 1.54) is 4.90 Å². The van der Waals surface area contributed by atoms with Crippen molar-refractivity contribution >= 4 is 29.1 Å². The maximum Gasteiger partial charge on any atom is 0.269 e. The summed E-state index contributed by atoms with van der Waals surface area (Å²) in [4.78, 5) is 31.5. The van der Waals surface area contributed by atoms with Gasteiger partial charge in [-0.2, -0.15) is 0 Å². The molecule has 0 fully saturated rings. The molecule has 0 radical (unpaired) electrons. The van der Waals surface area contributed by atoms with E-state index in [1.54, 1.807) is 67.0 Å². The summed E-state index contributed by atoms with van der Waals surface area (Å²) >= 11 is 5.93. The van der Waals surface area contributed by atoms with Crippen LogP contribution in [0.3, 0.4) is 0 Å². The third-order valence-electron chi connectivity index (χ3n) is 5.27. The average molecular weight is 441 g/mol. The molecule has 1 aliphatic heterocycles. The van der Waals surface area contributed by atoms with Crippen LogP contribution in [0.5, 0.6) is 11.5 Å². The molecule has 5 rings (SSSR count). The number of anilines is 1. The van der Waals surface area contributed by atoms with E-state index in [0.717, 1.165) is 17.5 Å². The van der Waals surface area contributed by atoms with Crippen LogP contribution in [0.2, 0.25) is 5.02 Å². The highest BCUT2D eigenvalue weighted by molar-refractivity contribution is 6.35. The number of ether oxygens (including phenoxy) is 1. The highest BCUT2D eigenvalue weighted by atomic mass is 35.5. The molecule has 6 heteroatoms. The van der Waals surface area contributed by atoms with Crippen LogP contribution in [-0.4, -0.2) is 16.8 Å². The Bertz CT molecular complexity index is 1300. The molecule has 0 bridgehead atoms. The SMILES string of the molecule is O=C1c2cccc(Oc3ccc(Cl)cc3)c2C(=O)N1c1ccc(Cc2ccncc2)cc1. The molecular weight excluding hydrogens is 424 g/mol. The lowest BCUT2D eigenvalue weighted by atomic mass is 10.1. The van der Waals surface area contributed by atoms with Gasteiger partial charge in [-0.3, -0.25) is 14.6 Å². The number of hydrogen-bond donors (Lipinski definition) is 0. The number of carbonyl (C=O) groups is 2. The zero-order valence-electron chi connectivity index (χ0n) is 16.9.